The summed E-state index contributed by atoms with van der Waals surface area (Å²) in [7, 11) is 3.16. The lowest BCUT2D eigenvalue weighted by Gasteiger charge is -2.11. The van der Waals surface area contributed by atoms with Crippen LogP contribution in [0.5, 0.6) is 11.5 Å². The van der Waals surface area contributed by atoms with Gasteiger partial charge in [-0.1, -0.05) is 6.07 Å². The van der Waals surface area contributed by atoms with Crippen molar-refractivity contribution in [3.05, 3.63) is 47.8 Å². The van der Waals surface area contributed by atoms with E-state index in [-0.39, 0.29) is 5.82 Å². The molecule has 0 bridgehead atoms. The molecule has 2 rings (SSSR count). The maximum atomic E-state index is 13.6. The smallest absolute Gasteiger partial charge is 0.161 e. The minimum Gasteiger partial charge on any atom is -0.493 e. The Kier molecular flexibility index (Phi) is 4.30. The van der Waals surface area contributed by atoms with Crippen molar-refractivity contribution in [2.75, 3.05) is 25.3 Å². The highest BCUT2D eigenvalue weighted by Crippen LogP contribution is 2.28. The molecule has 2 aromatic rings. The van der Waals surface area contributed by atoms with Crippen molar-refractivity contribution in [2.24, 2.45) is 0 Å². The first kappa shape index (κ1) is 14.0. The van der Waals surface area contributed by atoms with Crippen LogP contribution in [0.1, 0.15) is 5.56 Å². The van der Waals surface area contributed by atoms with E-state index < -0.39 is 0 Å². The number of nitrogens with one attached hydrogen (secondary N) is 1. The third kappa shape index (κ3) is 3.12. The zero-order valence-corrected chi connectivity index (χ0v) is 11.4. The Bertz CT molecular complexity index is 602. The average molecular weight is 276 g/mol. The van der Waals surface area contributed by atoms with Crippen LogP contribution in [0.3, 0.4) is 0 Å². The van der Waals surface area contributed by atoms with Gasteiger partial charge >= 0.3 is 0 Å². The largest absolute Gasteiger partial charge is 0.493 e. The van der Waals surface area contributed by atoms with E-state index in [0.29, 0.717) is 29.4 Å². The van der Waals surface area contributed by atoms with Gasteiger partial charge in [0.15, 0.2) is 11.5 Å². The number of nitrogen functional groups attached to an aromatic ring is 1. The Morgan fingerprint density at radius 2 is 1.80 bits per heavy atom. The Labute approximate surface area is 117 Å². The molecule has 0 radical (unpaired) electrons. The highest BCUT2D eigenvalue weighted by atomic mass is 19.1. The van der Waals surface area contributed by atoms with Crippen molar-refractivity contribution in [3.8, 4) is 11.5 Å². The molecule has 0 amide bonds. The summed E-state index contributed by atoms with van der Waals surface area (Å²) in [5, 5.41) is 3.02. The summed E-state index contributed by atoms with van der Waals surface area (Å²) in [5.74, 6) is 0.935. The SMILES string of the molecule is COc1ccc(CNc2ccc(N)cc2F)cc1OC. The molecule has 0 aliphatic rings. The van der Waals surface area contributed by atoms with Gasteiger partial charge in [0.1, 0.15) is 5.82 Å². The van der Waals surface area contributed by atoms with Crippen molar-refractivity contribution < 1.29 is 13.9 Å². The number of nitrogens with two attached hydrogens (primary N) is 1. The number of methoxy groups -OCH3 is 2. The maximum absolute atomic E-state index is 13.6. The Balaban J connectivity index is 2.10. The van der Waals surface area contributed by atoms with Crippen LogP contribution >= 0.6 is 0 Å². The van der Waals surface area contributed by atoms with E-state index in [0.717, 1.165) is 5.56 Å². The normalized spacial score (nSPS) is 10.2. The van der Waals surface area contributed by atoms with E-state index in [1.54, 1.807) is 26.4 Å². The molecule has 3 N–H and O–H groups in total. The number of hydrogen-bond donors (Lipinski definition) is 2. The van der Waals surface area contributed by atoms with Gasteiger partial charge in [0.2, 0.25) is 0 Å². The Morgan fingerprint density at radius 1 is 1.05 bits per heavy atom. The first-order chi connectivity index (χ1) is 9.63. The molecule has 2 aromatic carbocycles. The van der Waals surface area contributed by atoms with E-state index >= 15 is 0 Å². The molecule has 0 aliphatic carbocycles. The van der Waals surface area contributed by atoms with Gasteiger partial charge in [-0.15, -0.1) is 0 Å². The fourth-order valence-corrected chi connectivity index (χ4v) is 1.86. The summed E-state index contributed by atoms with van der Waals surface area (Å²) >= 11 is 0. The molecule has 0 aliphatic heterocycles. The molecule has 0 atom stereocenters. The predicted octanol–water partition coefficient (Wildman–Crippen LogP) is 3.04. The standard InChI is InChI=1S/C15H17FN2O2/c1-19-14-6-3-10(7-15(14)20-2)9-18-13-5-4-11(17)8-12(13)16/h3-8,18H,9,17H2,1-2H3. The number of hydrogen-bond acceptors (Lipinski definition) is 4. The fourth-order valence-electron chi connectivity index (χ4n) is 1.86. The third-order valence-electron chi connectivity index (χ3n) is 2.92. The summed E-state index contributed by atoms with van der Waals surface area (Å²) < 4.78 is 24.0. The van der Waals surface area contributed by atoms with Crippen LogP contribution in [0.4, 0.5) is 15.8 Å². The number of rotatable bonds is 5. The van der Waals surface area contributed by atoms with Crippen molar-refractivity contribution in [2.45, 2.75) is 6.54 Å². The van der Waals surface area contributed by atoms with Crippen LogP contribution in [-0.4, -0.2) is 14.2 Å². The molecule has 0 spiro atoms. The number of benzene rings is 2. The Morgan fingerprint density at radius 3 is 2.45 bits per heavy atom. The molecule has 0 heterocycles. The molecule has 20 heavy (non-hydrogen) atoms. The lowest BCUT2D eigenvalue weighted by Crippen LogP contribution is -2.02. The number of anilines is 2. The van der Waals surface area contributed by atoms with E-state index in [4.69, 9.17) is 15.2 Å². The summed E-state index contributed by atoms with van der Waals surface area (Å²) in [5.41, 5.74) is 7.28. The van der Waals surface area contributed by atoms with Gasteiger partial charge in [0, 0.05) is 12.2 Å². The van der Waals surface area contributed by atoms with Crippen LogP contribution in [0.15, 0.2) is 36.4 Å². The lowest BCUT2D eigenvalue weighted by molar-refractivity contribution is 0.354. The summed E-state index contributed by atoms with van der Waals surface area (Å²) in [4.78, 5) is 0. The van der Waals surface area contributed by atoms with E-state index in [2.05, 4.69) is 5.32 Å². The van der Waals surface area contributed by atoms with Gasteiger partial charge in [-0.2, -0.15) is 0 Å². The summed E-state index contributed by atoms with van der Waals surface area (Å²) in [6.07, 6.45) is 0. The number of ether oxygens (including phenoxy) is 2. The van der Waals surface area contributed by atoms with Crippen molar-refractivity contribution in [1.29, 1.82) is 0 Å². The van der Waals surface area contributed by atoms with Crippen LogP contribution in [0.2, 0.25) is 0 Å². The van der Waals surface area contributed by atoms with Crippen molar-refractivity contribution in [1.82, 2.24) is 0 Å². The molecule has 5 heteroatoms. The van der Waals surface area contributed by atoms with Gasteiger partial charge in [-0.05, 0) is 35.9 Å². The second-order valence-electron chi connectivity index (χ2n) is 4.28. The highest BCUT2D eigenvalue weighted by molar-refractivity contribution is 5.53. The molecule has 0 aromatic heterocycles. The van der Waals surface area contributed by atoms with Gasteiger partial charge < -0.3 is 20.5 Å². The van der Waals surface area contributed by atoms with Crippen LogP contribution in [-0.2, 0) is 6.54 Å². The summed E-state index contributed by atoms with van der Waals surface area (Å²) in [6, 6.07) is 10.1. The monoisotopic (exact) mass is 276 g/mol. The van der Waals surface area contributed by atoms with Gasteiger partial charge in [0.05, 0.1) is 19.9 Å². The van der Waals surface area contributed by atoms with E-state index in [9.17, 15) is 4.39 Å². The van der Waals surface area contributed by atoms with E-state index in [1.807, 2.05) is 18.2 Å². The highest BCUT2D eigenvalue weighted by Gasteiger charge is 2.06. The lowest BCUT2D eigenvalue weighted by atomic mass is 10.2. The van der Waals surface area contributed by atoms with Crippen LogP contribution in [0, 0.1) is 5.82 Å². The van der Waals surface area contributed by atoms with Crippen molar-refractivity contribution in [3.63, 3.8) is 0 Å². The molecule has 106 valence electrons. The average Bonchev–Trinajstić information content (AvgIpc) is 2.46. The molecular formula is C15H17FN2O2. The van der Waals surface area contributed by atoms with E-state index in [1.165, 1.54) is 6.07 Å². The van der Waals surface area contributed by atoms with Crippen molar-refractivity contribution >= 4 is 11.4 Å². The van der Waals surface area contributed by atoms with Crippen LogP contribution < -0.4 is 20.5 Å². The second kappa shape index (κ2) is 6.14. The quantitative estimate of drug-likeness (QED) is 0.824. The number of halogens is 1. The zero-order chi connectivity index (χ0) is 14.5. The first-order valence-electron chi connectivity index (χ1n) is 6.14. The molecule has 0 saturated heterocycles. The second-order valence-corrected chi connectivity index (χ2v) is 4.28. The third-order valence-corrected chi connectivity index (χ3v) is 2.92. The minimum atomic E-state index is -0.370. The molecular weight excluding hydrogens is 259 g/mol. The predicted molar refractivity (Wildman–Crippen MR) is 77.7 cm³/mol. The zero-order valence-electron chi connectivity index (χ0n) is 11.4. The minimum absolute atomic E-state index is 0.370. The molecule has 4 nitrogen and oxygen atoms in total. The van der Waals surface area contributed by atoms with Gasteiger partial charge in [-0.3, -0.25) is 0 Å². The van der Waals surface area contributed by atoms with Crippen LogP contribution in [0.25, 0.3) is 0 Å². The van der Waals surface area contributed by atoms with Gasteiger partial charge in [-0.25, -0.2) is 4.39 Å². The topological polar surface area (TPSA) is 56.5 Å². The molecule has 0 saturated carbocycles. The fraction of sp³-hybridized carbons (Fsp3) is 0.200. The Hall–Kier alpha value is -2.43. The molecule has 0 unspecified atom stereocenters. The molecule has 0 fully saturated rings. The summed E-state index contributed by atoms with van der Waals surface area (Å²) in [6.45, 7) is 0.473. The van der Waals surface area contributed by atoms with Gasteiger partial charge in [0.25, 0.3) is 0 Å². The maximum Gasteiger partial charge on any atom is 0.161 e. The first-order valence-corrected chi connectivity index (χ1v) is 6.14.